The predicted molar refractivity (Wildman–Crippen MR) is 83.5 cm³/mol. The summed E-state index contributed by atoms with van der Waals surface area (Å²) in [7, 11) is 0. The van der Waals surface area contributed by atoms with Crippen molar-refractivity contribution in [2.24, 2.45) is 23.2 Å². The minimum atomic E-state index is -3.42. The maximum atomic E-state index is 13.0. The average molecular weight is 346 g/mol. The molecule has 0 amide bonds. The third-order valence-electron chi connectivity index (χ3n) is 5.93. The Bertz CT molecular complexity index is 460. The van der Waals surface area contributed by atoms with Gasteiger partial charge in [0.05, 0.1) is 12.7 Å². The lowest BCUT2D eigenvalue weighted by atomic mass is 9.49. The Balaban J connectivity index is 1.63. The molecule has 3 atom stereocenters. The summed E-state index contributed by atoms with van der Waals surface area (Å²) in [6.45, 7) is 5.20. The number of halogens is 2. The molecule has 0 heterocycles. The summed E-state index contributed by atoms with van der Waals surface area (Å²) in [6.07, 6.45) is 4.98. The molecule has 4 aliphatic rings. The molecule has 0 aromatic heterocycles. The fourth-order valence-corrected chi connectivity index (χ4v) is 5.39. The van der Waals surface area contributed by atoms with Crippen LogP contribution < -0.4 is 0 Å². The number of ether oxygens (including phenoxy) is 3. The molecule has 4 aliphatic carbocycles. The van der Waals surface area contributed by atoms with Gasteiger partial charge in [0.1, 0.15) is 0 Å². The molecule has 6 heteroatoms. The van der Waals surface area contributed by atoms with Crippen LogP contribution in [0.15, 0.2) is 0 Å². The van der Waals surface area contributed by atoms with Gasteiger partial charge in [0, 0.05) is 18.9 Å². The van der Waals surface area contributed by atoms with Crippen LogP contribution >= 0.6 is 0 Å². The molecular formula is C18H28F2O4. The minimum absolute atomic E-state index is 0.118. The number of hydrogen-bond acceptors (Lipinski definition) is 4. The Morgan fingerprint density at radius 2 is 1.88 bits per heavy atom. The lowest BCUT2D eigenvalue weighted by Gasteiger charge is -2.59. The molecule has 4 rings (SSSR count). The standard InChI is InChI=1S/C18H28F2O4/c1-4-22-11(2)24-15-13-5-12-6-14(15)9-18(7-12,8-13)10-23-16(21)17(3,19)20/h11-15H,4-10H2,1-3H3. The van der Waals surface area contributed by atoms with E-state index in [1.54, 1.807) is 0 Å². The van der Waals surface area contributed by atoms with Crippen molar-refractivity contribution in [1.82, 2.24) is 0 Å². The summed E-state index contributed by atoms with van der Waals surface area (Å²) in [5, 5.41) is 0. The molecule has 138 valence electrons. The van der Waals surface area contributed by atoms with E-state index >= 15 is 0 Å². The molecule has 0 aliphatic heterocycles. The second-order valence-electron chi connectivity index (χ2n) is 8.06. The molecule has 4 nitrogen and oxygen atoms in total. The van der Waals surface area contributed by atoms with Crippen molar-refractivity contribution in [3.8, 4) is 0 Å². The Morgan fingerprint density at radius 3 is 2.42 bits per heavy atom. The smallest absolute Gasteiger partial charge is 0.376 e. The van der Waals surface area contributed by atoms with E-state index in [0.717, 1.165) is 32.1 Å². The summed E-state index contributed by atoms with van der Waals surface area (Å²) in [5.74, 6) is -3.39. The molecule has 4 fully saturated rings. The molecule has 4 bridgehead atoms. The fraction of sp³-hybridized carbons (Fsp3) is 0.944. The lowest BCUT2D eigenvalue weighted by molar-refractivity contribution is -0.236. The zero-order chi connectivity index (χ0) is 17.5. The van der Waals surface area contributed by atoms with Crippen LogP contribution in [0.2, 0.25) is 0 Å². The van der Waals surface area contributed by atoms with Gasteiger partial charge in [0.15, 0.2) is 6.29 Å². The van der Waals surface area contributed by atoms with Gasteiger partial charge in [-0.2, -0.15) is 8.78 Å². The second kappa shape index (κ2) is 6.52. The van der Waals surface area contributed by atoms with Crippen LogP contribution in [0.3, 0.4) is 0 Å². The predicted octanol–water partition coefficient (Wildman–Crippen LogP) is 3.78. The highest BCUT2D eigenvalue weighted by atomic mass is 19.3. The van der Waals surface area contributed by atoms with Crippen LogP contribution in [0.25, 0.3) is 0 Å². The fourth-order valence-electron chi connectivity index (χ4n) is 5.39. The van der Waals surface area contributed by atoms with Gasteiger partial charge in [-0.1, -0.05) is 0 Å². The van der Waals surface area contributed by atoms with Gasteiger partial charge in [-0.25, -0.2) is 4.79 Å². The van der Waals surface area contributed by atoms with Gasteiger partial charge >= 0.3 is 11.9 Å². The van der Waals surface area contributed by atoms with E-state index in [4.69, 9.17) is 14.2 Å². The third-order valence-corrected chi connectivity index (χ3v) is 5.93. The molecule has 4 saturated carbocycles. The molecule has 0 aromatic carbocycles. The van der Waals surface area contributed by atoms with E-state index in [9.17, 15) is 13.6 Å². The summed E-state index contributed by atoms with van der Waals surface area (Å²) in [5.41, 5.74) is -0.133. The first-order chi connectivity index (χ1) is 11.2. The van der Waals surface area contributed by atoms with Crippen LogP contribution in [-0.2, 0) is 19.0 Å². The highest BCUT2D eigenvalue weighted by Crippen LogP contribution is 2.61. The highest BCUT2D eigenvalue weighted by molar-refractivity contribution is 5.76. The van der Waals surface area contributed by atoms with Crippen LogP contribution in [-0.4, -0.2) is 37.5 Å². The van der Waals surface area contributed by atoms with E-state index in [1.165, 1.54) is 0 Å². The monoisotopic (exact) mass is 346 g/mol. The van der Waals surface area contributed by atoms with Crippen molar-refractivity contribution in [1.29, 1.82) is 0 Å². The first-order valence-electron chi connectivity index (χ1n) is 9.04. The first kappa shape index (κ1) is 18.1. The number of esters is 1. The van der Waals surface area contributed by atoms with E-state index < -0.39 is 11.9 Å². The Kier molecular flexibility index (Phi) is 4.91. The van der Waals surface area contributed by atoms with E-state index in [2.05, 4.69) is 0 Å². The van der Waals surface area contributed by atoms with Crippen LogP contribution in [0.5, 0.6) is 0 Å². The van der Waals surface area contributed by atoms with E-state index in [-0.39, 0.29) is 24.4 Å². The molecule has 0 aromatic rings. The van der Waals surface area contributed by atoms with Crippen LogP contribution in [0, 0.1) is 23.2 Å². The van der Waals surface area contributed by atoms with E-state index in [1.807, 2.05) is 13.8 Å². The third kappa shape index (κ3) is 3.59. The SMILES string of the molecule is CCOC(C)OC1C2CC3CC1CC(COC(=O)C(C)(F)F)(C3)C2. The zero-order valence-electron chi connectivity index (χ0n) is 14.7. The lowest BCUT2D eigenvalue weighted by Crippen LogP contribution is -2.56. The van der Waals surface area contributed by atoms with Gasteiger partial charge in [-0.05, 0) is 63.7 Å². The summed E-state index contributed by atoms with van der Waals surface area (Å²) >= 11 is 0. The highest BCUT2D eigenvalue weighted by Gasteiger charge is 2.56. The van der Waals surface area contributed by atoms with Crippen LogP contribution in [0.4, 0.5) is 8.78 Å². The number of alkyl halides is 2. The Hall–Kier alpha value is -0.750. The quantitative estimate of drug-likeness (QED) is 0.520. The van der Waals surface area contributed by atoms with Crippen molar-refractivity contribution in [3.63, 3.8) is 0 Å². The zero-order valence-corrected chi connectivity index (χ0v) is 14.7. The summed E-state index contributed by atoms with van der Waals surface area (Å²) < 4.78 is 42.7. The van der Waals surface area contributed by atoms with Crippen molar-refractivity contribution in [3.05, 3.63) is 0 Å². The topological polar surface area (TPSA) is 44.8 Å². The van der Waals surface area contributed by atoms with Gasteiger partial charge in [0.2, 0.25) is 0 Å². The molecule has 0 radical (unpaired) electrons. The van der Waals surface area contributed by atoms with Gasteiger partial charge in [-0.15, -0.1) is 0 Å². The Morgan fingerprint density at radius 1 is 1.25 bits per heavy atom. The average Bonchev–Trinajstić information content (AvgIpc) is 2.47. The molecule has 3 unspecified atom stereocenters. The number of carbonyl (C=O) groups is 1. The van der Waals surface area contributed by atoms with E-state index in [0.29, 0.717) is 31.3 Å². The Labute approximate surface area is 142 Å². The van der Waals surface area contributed by atoms with Crippen molar-refractivity contribution < 1.29 is 27.8 Å². The van der Waals surface area contributed by atoms with Crippen molar-refractivity contribution >= 4 is 5.97 Å². The van der Waals surface area contributed by atoms with Crippen molar-refractivity contribution in [2.45, 2.75) is 71.2 Å². The largest absolute Gasteiger partial charge is 0.461 e. The minimum Gasteiger partial charge on any atom is -0.461 e. The van der Waals surface area contributed by atoms with Gasteiger partial charge in [-0.3, -0.25) is 0 Å². The first-order valence-corrected chi connectivity index (χ1v) is 9.04. The molecular weight excluding hydrogens is 318 g/mol. The second-order valence-corrected chi connectivity index (χ2v) is 8.06. The van der Waals surface area contributed by atoms with Crippen molar-refractivity contribution in [2.75, 3.05) is 13.2 Å². The number of rotatable bonds is 7. The van der Waals surface area contributed by atoms with Gasteiger partial charge in [0.25, 0.3) is 0 Å². The normalized spacial score (nSPS) is 39.0. The maximum absolute atomic E-state index is 13.0. The number of carbonyl (C=O) groups excluding carboxylic acids is 1. The maximum Gasteiger partial charge on any atom is 0.376 e. The number of hydrogen-bond donors (Lipinski definition) is 0. The van der Waals surface area contributed by atoms with Gasteiger partial charge < -0.3 is 14.2 Å². The summed E-state index contributed by atoms with van der Waals surface area (Å²) in [6, 6.07) is 0. The molecule has 0 saturated heterocycles. The molecule has 0 N–H and O–H groups in total. The molecule has 0 spiro atoms. The molecule has 24 heavy (non-hydrogen) atoms. The summed E-state index contributed by atoms with van der Waals surface area (Å²) in [4.78, 5) is 11.4. The van der Waals surface area contributed by atoms with Crippen LogP contribution in [0.1, 0.15) is 52.9 Å².